The lowest BCUT2D eigenvalue weighted by Crippen LogP contribution is -2.26. The highest BCUT2D eigenvalue weighted by Crippen LogP contribution is 2.22. The zero-order valence-corrected chi connectivity index (χ0v) is 10.8. The SMILES string of the molecule is CC(C)CNCC(=O)c1ccc2c(c1)CCC2. The minimum atomic E-state index is 0.209. The maximum atomic E-state index is 12.0. The molecule has 0 fully saturated rings. The summed E-state index contributed by atoms with van der Waals surface area (Å²) in [5.74, 6) is 0.795. The van der Waals surface area contributed by atoms with Crippen molar-refractivity contribution in [2.75, 3.05) is 13.1 Å². The van der Waals surface area contributed by atoms with E-state index in [0.717, 1.165) is 18.5 Å². The molecule has 0 radical (unpaired) electrons. The molecule has 0 heterocycles. The zero-order valence-electron chi connectivity index (χ0n) is 10.8. The van der Waals surface area contributed by atoms with Gasteiger partial charge in [-0.15, -0.1) is 0 Å². The van der Waals surface area contributed by atoms with Crippen molar-refractivity contribution in [3.05, 3.63) is 34.9 Å². The van der Waals surface area contributed by atoms with E-state index in [1.54, 1.807) is 0 Å². The van der Waals surface area contributed by atoms with E-state index in [9.17, 15) is 4.79 Å². The normalized spacial score (nSPS) is 14.1. The molecule has 0 saturated carbocycles. The van der Waals surface area contributed by atoms with E-state index in [0.29, 0.717) is 12.5 Å². The Hall–Kier alpha value is -1.15. The third-order valence-corrected chi connectivity index (χ3v) is 3.26. The van der Waals surface area contributed by atoms with Gasteiger partial charge < -0.3 is 5.32 Å². The van der Waals surface area contributed by atoms with E-state index >= 15 is 0 Å². The molecule has 2 heteroatoms. The number of carbonyl (C=O) groups is 1. The average Bonchev–Trinajstić information content (AvgIpc) is 2.75. The molecule has 17 heavy (non-hydrogen) atoms. The largest absolute Gasteiger partial charge is 0.309 e. The van der Waals surface area contributed by atoms with Crippen LogP contribution in [0.15, 0.2) is 18.2 Å². The maximum absolute atomic E-state index is 12.0. The van der Waals surface area contributed by atoms with Crippen molar-refractivity contribution < 1.29 is 4.79 Å². The first kappa shape index (κ1) is 12.3. The van der Waals surface area contributed by atoms with Gasteiger partial charge in [-0.05, 0) is 48.9 Å². The molecule has 0 aliphatic heterocycles. The lowest BCUT2D eigenvalue weighted by molar-refractivity contribution is 0.0990. The number of benzene rings is 1. The van der Waals surface area contributed by atoms with Crippen LogP contribution in [0.2, 0.25) is 0 Å². The number of ketones is 1. The van der Waals surface area contributed by atoms with Gasteiger partial charge in [0.15, 0.2) is 5.78 Å². The Bertz CT molecular complexity index is 409. The molecule has 1 aromatic rings. The maximum Gasteiger partial charge on any atom is 0.176 e. The van der Waals surface area contributed by atoms with Gasteiger partial charge in [-0.3, -0.25) is 4.79 Å². The molecule has 92 valence electrons. The summed E-state index contributed by atoms with van der Waals surface area (Å²) in [5.41, 5.74) is 3.67. The monoisotopic (exact) mass is 231 g/mol. The summed E-state index contributed by atoms with van der Waals surface area (Å²) in [6.07, 6.45) is 3.55. The molecule has 0 bridgehead atoms. The van der Waals surface area contributed by atoms with Gasteiger partial charge in [0.25, 0.3) is 0 Å². The van der Waals surface area contributed by atoms with E-state index in [1.807, 2.05) is 6.07 Å². The number of Topliss-reactive ketones (excluding diaryl/α,β-unsaturated/α-hetero) is 1. The summed E-state index contributed by atoms with van der Waals surface area (Å²) in [6.45, 7) is 5.65. The van der Waals surface area contributed by atoms with Crippen LogP contribution in [0.25, 0.3) is 0 Å². The van der Waals surface area contributed by atoms with Gasteiger partial charge in [0.1, 0.15) is 0 Å². The van der Waals surface area contributed by atoms with Gasteiger partial charge in [-0.2, -0.15) is 0 Å². The average molecular weight is 231 g/mol. The third-order valence-electron chi connectivity index (χ3n) is 3.26. The second kappa shape index (κ2) is 5.46. The minimum Gasteiger partial charge on any atom is -0.309 e. The summed E-state index contributed by atoms with van der Waals surface area (Å²) >= 11 is 0. The molecule has 0 spiro atoms. The van der Waals surface area contributed by atoms with Gasteiger partial charge >= 0.3 is 0 Å². The Morgan fingerprint density at radius 1 is 1.29 bits per heavy atom. The van der Waals surface area contributed by atoms with Gasteiger partial charge in [-0.1, -0.05) is 26.0 Å². The fourth-order valence-electron chi connectivity index (χ4n) is 2.32. The van der Waals surface area contributed by atoms with Crippen LogP contribution in [0.3, 0.4) is 0 Å². The molecule has 1 aliphatic carbocycles. The molecule has 0 atom stereocenters. The highest BCUT2D eigenvalue weighted by Gasteiger charge is 2.13. The van der Waals surface area contributed by atoms with Crippen LogP contribution in [0.4, 0.5) is 0 Å². The van der Waals surface area contributed by atoms with Crippen molar-refractivity contribution in [2.24, 2.45) is 5.92 Å². The second-order valence-corrected chi connectivity index (χ2v) is 5.28. The van der Waals surface area contributed by atoms with Crippen molar-refractivity contribution in [1.29, 1.82) is 0 Å². The fraction of sp³-hybridized carbons (Fsp3) is 0.533. The predicted octanol–water partition coefficient (Wildman–Crippen LogP) is 2.60. The van der Waals surface area contributed by atoms with Crippen LogP contribution < -0.4 is 5.32 Å². The summed E-state index contributed by atoms with van der Waals surface area (Å²) in [5, 5.41) is 3.20. The lowest BCUT2D eigenvalue weighted by Gasteiger charge is -2.07. The lowest BCUT2D eigenvalue weighted by atomic mass is 10.0. The van der Waals surface area contributed by atoms with E-state index in [-0.39, 0.29) is 5.78 Å². The summed E-state index contributed by atoms with van der Waals surface area (Å²) in [7, 11) is 0. The number of rotatable bonds is 5. The smallest absolute Gasteiger partial charge is 0.176 e. The van der Waals surface area contributed by atoms with Crippen LogP contribution in [-0.2, 0) is 12.8 Å². The van der Waals surface area contributed by atoms with Crippen LogP contribution in [0, 0.1) is 5.92 Å². The summed E-state index contributed by atoms with van der Waals surface area (Å²) in [4.78, 5) is 12.0. The highest BCUT2D eigenvalue weighted by molar-refractivity contribution is 5.97. The number of fused-ring (bicyclic) bond motifs is 1. The first-order valence-electron chi connectivity index (χ1n) is 6.52. The molecule has 1 N–H and O–H groups in total. The topological polar surface area (TPSA) is 29.1 Å². The molecular weight excluding hydrogens is 210 g/mol. The Kier molecular flexibility index (Phi) is 3.95. The molecule has 0 amide bonds. The van der Waals surface area contributed by atoms with Gasteiger partial charge in [0.2, 0.25) is 0 Å². The van der Waals surface area contributed by atoms with Crippen molar-refractivity contribution in [2.45, 2.75) is 33.1 Å². The van der Waals surface area contributed by atoms with E-state index in [1.165, 1.54) is 24.0 Å². The van der Waals surface area contributed by atoms with E-state index in [4.69, 9.17) is 0 Å². The number of carbonyl (C=O) groups excluding carboxylic acids is 1. The molecule has 2 nitrogen and oxygen atoms in total. The van der Waals surface area contributed by atoms with Gasteiger partial charge in [-0.25, -0.2) is 0 Å². The van der Waals surface area contributed by atoms with Crippen molar-refractivity contribution in [3.8, 4) is 0 Å². The molecule has 0 saturated heterocycles. The van der Waals surface area contributed by atoms with Crippen LogP contribution in [0.5, 0.6) is 0 Å². The van der Waals surface area contributed by atoms with E-state index in [2.05, 4.69) is 31.3 Å². The zero-order chi connectivity index (χ0) is 12.3. The van der Waals surface area contributed by atoms with Crippen molar-refractivity contribution in [1.82, 2.24) is 5.32 Å². The van der Waals surface area contributed by atoms with Crippen LogP contribution in [-0.4, -0.2) is 18.9 Å². The fourth-order valence-corrected chi connectivity index (χ4v) is 2.32. The predicted molar refractivity (Wildman–Crippen MR) is 70.5 cm³/mol. The summed E-state index contributed by atoms with van der Waals surface area (Å²) in [6, 6.07) is 6.18. The van der Waals surface area contributed by atoms with Crippen LogP contribution in [0.1, 0.15) is 41.8 Å². The van der Waals surface area contributed by atoms with E-state index < -0.39 is 0 Å². The van der Waals surface area contributed by atoms with Crippen molar-refractivity contribution in [3.63, 3.8) is 0 Å². The number of nitrogens with one attached hydrogen (secondary N) is 1. The first-order chi connectivity index (χ1) is 8.16. The molecule has 0 aromatic heterocycles. The third kappa shape index (κ3) is 3.16. The Balaban J connectivity index is 1.95. The molecule has 1 aliphatic rings. The summed E-state index contributed by atoms with van der Waals surface area (Å²) < 4.78 is 0. The van der Waals surface area contributed by atoms with Crippen LogP contribution >= 0.6 is 0 Å². The molecule has 2 rings (SSSR count). The quantitative estimate of drug-likeness (QED) is 0.789. The Morgan fingerprint density at radius 2 is 2.06 bits per heavy atom. The molecule has 1 aromatic carbocycles. The Morgan fingerprint density at radius 3 is 2.82 bits per heavy atom. The van der Waals surface area contributed by atoms with Crippen molar-refractivity contribution >= 4 is 5.78 Å². The highest BCUT2D eigenvalue weighted by atomic mass is 16.1. The number of aryl methyl sites for hydroxylation is 2. The first-order valence-corrected chi connectivity index (χ1v) is 6.52. The standard InChI is InChI=1S/C15H21NO/c1-11(2)9-16-10-15(17)14-7-6-12-4-3-5-13(12)8-14/h6-8,11,16H,3-5,9-10H2,1-2H3. The van der Waals surface area contributed by atoms with Gasteiger partial charge in [0, 0.05) is 5.56 Å². The Labute approximate surface area is 103 Å². The number of hydrogen-bond donors (Lipinski definition) is 1. The minimum absolute atomic E-state index is 0.209. The molecule has 0 unspecified atom stereocenters. The van der Waals surface area contributed by atoms with Gasteiger partial charge in [0.05, 0.1) is 6.54 Å². The second-order valence-electron chi connectivity index (χ2n) is 5.28. The molecular formula is C15H21NO. The number of hydrogen-bond acceptors (Lipinski definition) is 2.